The van der Waals surface area contributed by atoms with E-state index in [4.69, 9.17) is 0 Å². The van der Waals surface area contributed by atoms with Crippen molar-refractivity contribution in [2.24, 2.45) is 21.7 Å². The van der Waals surface area contributed by atoms with E-state index in [-0.39, 0.29) is 0 Å². The van der Waals surface area contributed by atoms with E-state index in [0.29, 0.717) is 10.8 Å². The second kappa shape index (κ2) is 1.06. The minimum atomic E-state index is 0.708. The molecule has 5 rings (SSSR count). The molecule has 5 aliphatic rings. The maximum atomic E-state index is 4.18. The van der Waals surface area contributed by atoms with Crippen LogP contribution in [0.25, 0.3) is 0 Å². The summed E-state index contributed by atoms with van der Waals surface area (Å²) >= 11 is 0. The normalized spacial score (nSPS) is 74.2. The number of fused-ring (bicyclic) bond motifs is 3. The van der Waals surface area contributed by atoms with E-state index < -0.39 is 0 Å². The smallest absolute Gasteiger partial charge is 0.00151 e. The zero-order valence-electron chi connectivity index (χ0n) is 7.95. The molecule has 0 nitrogen and oxygen atoms in total. The molecule has 5 fully saturated rings. The van der Waals surface area contributed by atoms with Gasteiger partial charge in [-0.05, 0) is 42.9 Å². The van der Waals surface area contributed by atoms with E-state index in [1.165, 1.54) is 32.1 Å². The summed E-state index contributed by atoms with van der Waals surface area (Å²) in [5.74, 6) is 0. The molecule has 0 amide bonds. The Kier molecular flexibility index (Phi) is 0.494. The van der Waals surface area contributed by atoms with Crippen LogP contribution in [-0.2, 0) is 0 Å². The average molecular weight is 170 g/mol. The summed E-state index contributed by atoms with van der Waals surface area (Å²) in [7, 11) is 0. The Bertz CT molecular complexity index is 391. The second-order valence-electron chi connectivity index (χ2n) is 6.42. The van der Waals surface area contributed by atoms with Crippen LogP contribution < -0.4 is 0 Å². The fraction of sp³-hybridized carbons (Fsp3) is 0.692. The first-order valence-electron chi connectivity index (χ1n) is 5.49. The van der Waals surface area contributed by atoms with Gasteiger partial charge in [0.05, 0.1) is 0 Å². The summed E-state index contributed by atoms with van der Waals surface area (Å²) < 4.78 is 0. The minimum Gasteiger partial charge on any atom is -0.0992 e. The zero-order valence-corrected chi connectivity index (χ0v) is 7.95. The van der Waals surface area contributed by atoms with Gasteiger partial charge in [-0.3, -0.25) is 0 Å². The molecule has 4 spiro atoms. The Morgan fingerprint density at radius 2 is 1.15 bits per heavy atom. The quantitative estimate of drug-likeness (QED) is 0.490. The van der Waals surface area contributed by atoms with Crippen molar-refractivity contribution < 1.29 is 0 Å². The standard InChI is InChI=1S/C13H14/c1-8-3-10(8)5-12(10)7-13(12)6-11(13)4-9(11)2/h1-7H2. The predicted octanol–water partition coefficient (Wildman–Crippen LogP) is 3.06. The fourth-order valence-corrected chi connectivity index (χ4v) is 5.16. The Morgan fingerprint density at radius 1 is 0.769 bits per heavy atom. The number of hydrogen-bond acceptors (Lipinski definition) is 0. The lowest BCUT2D eigenvalue weighted by molar-refractivity contribution is 0.586. The molecule has 0 aromatic carbocycles. The van der Waals surface area contributed by atoms with Gasteiger partial charge in [-0.25, -0.2) is 0 Å². The van der Waals surface area contributed by atoms with Crippen molar-refractivity contribution in [3.63, 3.8) is 0 Å². The van der Waals surface area contributed by atoms with Crippen molar-refractivity contribution in [3.05, 3.63) is 24.3 Å². The number of hydrogen-bond donors (Lipinski definition) is 0. The molecule has 4 unspecified atom stereocenters. The Hall–Kier alpha value is -0.520. The van der Waals surface area contributed by atoms with E-state index in [2.05, 4.69) is 13.2 Å². The van der Waals surface area contributed by atoms with Crippen LogP contribution in [0.15, 0.2) is 24.3 Å². The van der Waals surface area contributed by atoms with Gasteiger partial charge in [0.2, 0.25) is 0 Å². The second-order valence-corrected chi connectivity index (χ2v) is 6.42. The van der Waals surface area contributed by atoms with Crippen LogP contribution in [0.4, 0.5) is 0 Å². The van der Waals surface area contributed by atoms with Gasteiger partial charge in [-0.2, -0.15) is 0 Å². The van der Waals surface area contributed by atoms with E-state index >= 15 is 0 Å². The van der Waals surface area contributed by atoms with Crippen molar-refractivity contribution >= 4 is 0 Å². The molecule has 0 aromatic rings. The Balaban J connectivity index is 1.61. The first-order valence-corrected chi connectivity index (χ1v) is 5.49. The highest BCUT2D eigenvalue weighted by atomic mass is 15.1. The van der Waals surface area contributed by atoms with Gasteiger partial charge in [0, 0.05) is 10.8 Å². The molecule has 0 heterocycles. The lowest BCUT2D eigenvalue weighted by atomic mass is 10.1. The van der Waals surface area contributed by atoms with Gasteiger partial charge in [-0.1, -0.05) is 24.3 Å². The van der Waals surface area contributed by atoms with Gasteiger partial charge in [-0.15, -0.1) is 0 Å². The molecule has 0 N–H and O–H groups in total. The van der Waals surface area contributed by atoms with E-state index in [1.807, 2.05) is 0 Å². The molecule has 13 heavy (non-hydrogen) atoms. The summed E-state index contributed by atoms with van der Waals surface area (Å²) in [5, 5.41) is 0. The van der Waals surface area contributed by atoms with Gasteiger partial charge in [0.15, 0.2) is 0 Å². The molecular weight excluding hydrogens is 156 g/mol. The molecule has 0 saturated heterocycles. The van der Waals surface area contributed by atoms with E-state index in [0.717, 1.165) is 10.8 Å². The monoisotopic (exact) mass is 170 g/mol. The van der Waals surface area contributed by atoms with Crippen molar-refractivity contribution in [3.8, 4) is 0 Å². The highest BCUT2D eigenvalue weighted by Crippen LogP contribution is 3.10. The third kappa shape index (κ3) is 0.323. The van der Waals surface area contributed by atoms with Gasteiger partial charge >= 0.3 is 0 Å². The predicted molar refractivity (Wildman–Crippen MR) is 51.1 cm³/mol. The molecular formula is C13H14. The van der Waals surface area contributed by atoms with Crippen molar-refractivity contribution in [1.29, 1.82) is 0 Å². The van der Waals surface area contributed by atoms with E-state index in [9.17, 15) is 0 Å². The molecule has 0 aliphatic heterocycles. The zero-order chi connectivity index (χ0) is 8.69. The third-order valence-corrected chi connectivity index (χ3v) is 6.32. The highest BCUT2D eigenvalue weighted by Gasteiger charge is 3.02. The van der Waals surface area contributed by atoms with Gasteiger partial charge in [0.1, 0.15) is 0 Å². The molecule has 5 aliphatic carbocycles. The minimum absolute atomic E-state index is 0.708. The molecule has 4 atom stereocenters. The summed E-state index contributed by atoms with van der Waals surface area (Å²) in [4.78, 5) is 0. The van der Waals surface area contributed by atoms with Crippen molar-refractivity contribution in [2.75, 3.05) is 0 Å². The summed E-state index contributed by atoms with van der Waals surface area (Å²) in [6.07, 6.45) is 7.30. The highest BCUT2D eigenvalue weighted by molar-refractivity contribution is 5.63. The van der Waals surface area contributed by atoms with Crippen LogP contribution in [0, 0.1) is 21.7 Å². The van der Waals surface area contributed by atoms with Crippen LogP contribution in [0.5, 0.6) is 0 Å². The van der Waals surface area contributed by atoms with Gasteiger partial charge < -0.3 is 0 Å². The van der Waals surface area contributed by atoms with E-state index in [1.54, 1.807) is 11.1 Å². The Labute approximate surface area is 78.7 Å². The molecule has 0 aromatic heterocycles. The summed E-state index contributed by atoms with van der Waals surface area (Å²) in [5.41, 5.74) is 6.18. The SMILES string of the molecule is C=C1CC12CC21CC12CC21CC1=C. The molecule has 5 saturated carbocycles. The fourth-order valence-electron chi connectivity index (χ4n) is 5.16. The van der Waals surface area contributed by atoms with Gasteiger partial charge in [0.25, 0.3) is 0 Å². The first-order chi connectivity index (χ1) is 6.13. The molecule has 0 radical (unpaired) electrons. The maximum Gasteiger partial charge on any atom is 0.00151 e. The van der Waals surface area contributed by atoms with Crippen molar-refractivity contribution in [2.45, 2.75) is 32.1 Å². The lowest BCUT2D eigenvalue weighted by Gasteiger charge is -1.90. The first kappa shape index (κ1) is 6.06. The summed E-state index contributed by atoms with van der Waals surface area (Å²) in [6.45, 7) is 8.35. The van der Waals surface area contributed by atoms with Crippen LogP contribution in [0.3, 0.4) is 0 Å². The van der Waals surface area contributed by atoms with Crippen molar-refractivity contribution in [1.82, 2.24) is 0 Å². The summed E-state index contributed by atoms with van der Waals surface area (Å²) in [6, 6.07) is 0. The van der Waals surface area contributed by atoms with Crippen LogP contribution in [0.2, 0.25) is 0 Å². The van der Waals surface area contributed by atoms with Crippen LogP contribution in [0.1, 0.15) is 32.1 Å². The largest absolute Gasteiger partial charge is 0.0992 e. The number of rotatable bonds is 0. The maximum absolute atomic E-state index is 4.18. The van der Waals surface area contributed by atoms with Crippen LogP contribution >= 0.6 is 0 Å². The molecule has 0 bridgehead atoms. The average Bonchev–Trinajstić information content (AvgIpc) is 2.80. The third-order valence-electron chi connectivity index (χ3n) is 6.32. The van der Waals surface area contributed by atoms with Crippen LogP contribution in [-0.4, -0.2) is 0 Å². The number of allylic oxidation sites excluding steroid dienone is 2. The lowest BCUT2D eigenvalue weighted by Crippen LogP contribution is -1.87. The Morgan fingerprint density at radius 3 is 1.38 bits per heavy atom. The molecule has 66 valence electrons. The molecule has 0 heteroatoms. The topological polar surface area (TPSA) is 0 Å².